The summed E-state index contributed by atoms with van der Waals surface area (Å²) in [6.45, 7) is 4.34. The monoisotopic (exact) mass is 373 g/mol. The maximum Gasteiger partial charge on any atom is 0.244 e. The lowest BCUT2D eigenvalue weighted by molar-refractivity contribution is -0.136. The SMILES string of the molecule is CCN(C)C(C(=O)N1CC=C(c2c[nH]c3ccccc23)CC1)c1ccccc1. The second kappa shape index (κ2) is 8.03. The molecular formula is C24H27N3O. The van der Waals surface area contributed by atoms with Crippen LogP contribution in [0.25, 0.3) is 16.5 Å². The standard InChI is InChI=1S/C24H27N3O/c1-3-26(2)23(19-9-5-4-6-10-19)24(28)27-15-13-18(14-16-27)21-17-25-22-12-8-7-11-20(21)22/h4-13,17,23,25H,3,14-16H2,1-2H3. The van der Waals surface area contributed by atoms with Gasteiger partial charge in [0.05, 0.1) is 0 Å². The summed E-state index contributed by atoms with van der Waals surface area (Å²) < 4.78 is 0. The summed E-state index contributed by atoms with van der Waals surface area (Å²) in [5.74, 6) is 0.185. The first-order valence-electron chi connectivity index (χ1n) is 9.98. The molecule has 0 spiro atoms. The first-order valence-corrected chi connectivity index (χ1v) is 9.98. The molecule has 0 fully saturated rings. The van der Waals surface area contributed by atoms with Crippen molar-refractivity contribution < 1.29 is 4.79 Å². The summed E-state index contributed by atoms with van der Waals surface area (Å²) in [6, 6.07) is 18.2. The summed E-state index contributed by atoms with van der Waals surface area (Å²) in [7, 11) is 2.02. The Morgan fingerprint density at radius 2 is 1.89 bits per heavy atom. The molecule has 4 rings (SSSR count). The molecule has 3 aromatic rings. The Morgan fingerprint density at radius 3 is 2.61 bits per heavy atom. The fraction of sp³-hybridized carbons (Fsp3) is 0.292. The van der Waals surface area contributed by atoms with Gasteiger partial charge in [0.15, 0.2) is 0 Å². The third kappa shape index (κ3) is 3.48. The van der Waals surface area contributed by atoms with Crippen LogP contribution in [0, 0.1) is 0 Å². The molecule has 28 heavy (non-hydrogen) atoms. The minimum Gasteiger partial charge on any atom is -0.361 e. The van der Waals surface area contributed by atoms with Crippen LogP contribution in [0.3, 0.4) is 0 Å². The van der Waals surface area contributed by atoms with Gasteiger partial charge in [0, 0.05) is 35.8 Å². The normalized spacial score (nSPS) is 15.7. The molecule has 4 heteroatoms. The summed E-state index contributed by atoms with van der Waals surface area (Å²) in [5.41, 5.74) is 4.79. The summed E-state index contributed by atoms with van der Waals surface area (Å²) in [4.78, 5) is 20.8. The van der Waals surface area contributed by atoms with Crippen LogP contribution in [0.1, 0.15) is 30.5 Å². The lowest BCUT2D eigenvalue weighted by Crippen LogP contribution is -2.43. The van der Waals surface area contributed by atoms with Crippen molar-refractivity contribution >= 4 is 22.4 Å². The number of carbonyl (C=O) groups excluding carboxylic acids is 1. The van der Waals surface area contributed by atoms with Crippen molar-refractivity contribution in [3.63, 3.8) is 0 Å². The van der Waals surface area contributed by atoms with Gasteiger partial charge in [-0.25, -0.2) is 0 Å². The Balaban J connectivity index is 1.55. The zero-order valence-electron chi connectivity index (χ0n) is 16.6. The van der Waals surface area contributed by atoms with Gasteiger partial charge in [-0.1, -0.05) is 61.5 Å². The molecule has 1 N–H and O–H groups in total. The molecule has 2 aromatic carbocycles. The number of benzene rings is 2. The highest BCUT2D eigenvalue weighted by Crippen LogP contribution is 2.30. The fourth-order valence-corrected chi connectivity index (χ4v) is 4.03. The van der Waals surface area contributed by atoms with E-state index in [-0.39, 0.29) is 11.9 Å². The number of aromatic nitrogens is 1. The average molecular weight is 374 g/mol. The minimum absolute atomic E-state index is 0.185. The highest BCUT2D eigenvalue weighted by Gasteiger charge is 2.29. The molecule has 144 valence electrons. The van der Waals surface area contributed by atoms with E-state index in [1.807, 2.05) is 48.3 Å². The van der Waals surface area contributed by atoms with Crippen molar-refractivity contribution in [2.24, 2.45) is 0 Å². The van der Waals surface area contributed by atoms with E-state index >= 15 is 0 Å². The molecule has 1 aliphatic heterocycles. The second-order valence-electron chi connectivity index (χ2n) is 7.40. The third-order valence-electron chi connectivity index (χ3n) is 5.74. The Morgan fingerprint density at radius 1 is 1.14 bits per heavy atom. The van der Waals surface area contributed by atoms with E-state index in [0.29, 0.717) is 6.54 Å². The summed E-state index contributed by atoms with van der Waals surface area (Å²) in [5, 5.41) is 1.25. The van der Waals surface area contributed by atoms with Gasteiger partial charge in [0.1, 0.15) is 6.04 Å². The van der Waals surface area contributed by atoms with E-state index in [0.717, 1.165) is 30.6 Å². The van der Waals surface area contributed by atoms with Gasteiger partial charge in [-0.15, -0.1) is 0 Å². The fourth-order valence-electron chi connectivity index (χ4n) is 4.03. The Labute approximate surface area is 166 Å². The van der Waals surface area contributed by atoms with Crippen LogP contribution >= 0.6 is 0 Å². The first kappa shape index (κ1) is 18.5. The van der Waals surface area contributed by atoms with Crippen molar-refractivity contribution in [1.82, 2.24) is 14.8 Å². The van der Waals surface area contributed by atoms with E-state index in [4.69, 9.17) is 0 Å². The van der Waals surface area contributed by atoms with Crippen LogP contribution in [-0.4, -0.2) is 47.4 Å². The summed E-state index contributed by atoms with van der Waals surface area (Å²) in [6.07, 6.45) is 5.18. The number of amides is 1. The quantitative estimate of drug-likeness (QED) is 0.716. The molecule has 2 heterocycles. The van der Waals surface area contributed by atoms with E-state index in [1.54, 1.807) is 0 Å². The first-order chi connectivity index (χ1) is 13.7. The number of nitrogens with zero attached hydrogens (tertiary/aromatic N) is 2. The van der Waals surface area contributed by atoms with Crippen LogP contribution in [0.15, 0.2) is 66.9 Å². The van der Waals surface area contributed by atoms with Crippen molar-refractivity contribution in [2.45, 2.75) is 19.4 Å². The molecule has 4 nitrogen and oxygen atoms in total. The largest absolute Gasteiger partial charge is 0.361 e. The number of carbonyl (C=O) groups is 1. The van der Waals surface area contributed by atoms with E-state index in [2.05, 4.69) is 47.3 Å². The van der Waals surface area contributed by atoms with Gasteiger partial charge < -0.3 is 9.88 Å². The Hall–Kier alpha value is -2.85. The van der Waals surface area contributed by atoms with E-state index in [9.17, 15) is 4.79 Å². The number of likely N-dealkylation sites (N-methyl/N-ethyl adjacent to an activating group) is 1. The van der Waals surface area contributed by atoms with Crippen molar-refractivity contribution in [3.8, 4) is 0 Å². The minimum atomic E-state index is -0.228. The Kier molecular flexibility index (Phi) is 5.31. The molecular weight excluding hydrogens is 346 g/mol. The predicted molar refractivity (Wildman–Crippen MR) is 115 cm³/mol. The Bertz CT molecular complexity index is 989. The number of aromatic amines is 1. The molecule has 1 unspecified atom stereocenters. The van der Waals surface area contributed by atoms with Crippen LogP contribution in [-0.2, 0) is 4.79 Å². The number of nitrogens with one attached hydrogen (secondary N) is 1. The van der Waals surface area contributed by atoms with Crippen molar-refractivity contribution in [2.75, 3.05) is 26.7 Å². The number of hydrogen-bond donors (Lipinski definition) is 1. The van der Waals surface area contributed by atoms with E-state index in [1.165, 1.54) is 16.5 Å². The molecule has 0 saturated heterocycles. The lowest BCUT2D eigenvalue weighted by Gasteiger charge is -2.34. The predicted octanol–water partition coefficient (Wildman–Crippen LogP) is 4.48. The topological polar surface area (TPSA) is 39.3 Å². The lowest BCUT2D eigenvalue weighted by atomic mass is 9.97. The third-order valence-corrected chi connectivity index (χ3v) is 5.74. The number of H-pyrrole nitrogens is 1. The molecule has 0 saturated carbocycles. The van der Waals surface area contributed by atoms with Gasteiger partial charge in [0.2, 0.25) is 5.91 Å². The van der Waals surface area contributed by atoms with Crippen LogP contribution < -0.4 is 0 Å². The average Bonchev–Trinajstić information content (AvgIpc) is 3.19. The smallest absolute Gasteiger partial charge is 0.244 e. The molecule has 0 bridgehead atoms. The number of hydrogen-bond acceptors (Lipinski definition) is 2. The van der Waals surface area contributed by atoms with Gasteiger partial charge in [-0.2, -0.15) is 0 Å². The number of fused-ring (bicyclic) bond motifs is 1. The highest BCUT2D eigenvalue weighted by atomic mass is 16.2. The molecule has 1 atom stereocenters. The maximum atomic E-state index is 13.4. The van der Waals surface area contributed by atoms with Crippen LogP contribution in [0.5, 0.6) is 0 Å². The maximum absolute atomic E-state index is 13.4. The molecule has 0 aliphatic carbocycles. The van der Waals surface area contributed by atoms with E-state index < -0.39 is 0 Å². The zero-order chi connectivity index (χ0) is 19.5. The van der Waals surface area contributed by atoms with Gasteiger partial charge in [0.25, 0.3) is 0 Å². The van der Waals surface area contributed by atoms with Gasteiger partial charge in [-0.05, 0) is 37.2 Å². The van der Waals surface area contributed by atoms with Crippen LogP contribution in [0.2, 0.25) is 0 Å². The number of rotatable bonds is 5. The summed E-state index contributed by atoms with van der Waals surface area (Å²) >= 11 is 0. The zero-order valence-corrected chi connectivity index (χ0v) is 16.6. The van der Waals surface area contributed by atoms with Crippen molar-refractivity contribution in [3.05, 3.63) is 78.0 Å². The second-order valence-corrected chi connectivity index (χ2v) is 7.40. The molecule has 1 amide bonds. The molecule has 0 radical (unpaired) electrons. The number of para-hydroxylation sites is 1. The molecule has 1 aliphatic rings. The van der Waals surface area contributed by atoms with Gasteiger partial charge in [-0.3, -0.25) is 9.69 Å². The van der Waals surface area contributed by atoms with Crippen molar-refractivity contribution in [1.29, 1.82) is 0 Å². The molecule has 1 aromatic heterocycles. The van der Waals surface area contributed by atoms with Crippen LogP contribution in [0.4, 0.5) is 0 Å². The highest BCUT2D eigenvalue weighted by molar-refractivity contribution is 5.93. The van der Waals surface area contributed by atoms with Gasteiger partial charge >= 0.3 is 0 Å².